The molecule has 232 valence electrons. The van der Waals surface area contributed by atoms with Gasteiger partial charge in [0.25, 0.3) is 10.0 Å². The predicted molar refractivity (Wildman–Crippen MR) is 140 cm³/mol. The highest BCUT2D eigenvalue weighted by Gasteiger charge is 2.51. The van der Waals surface area contributed by atoms with Crippen LogP contribution in [0.15, 0.2) is 47.4 Å². The van der Waals surface area contributed by atoms with Crippen molar-refractivity contribution in [2.75, 3.05) is 16.2 Å². The molecule has 1 atom stereocenters. The number of carbonyl (C=O) groups excluding carboxylic acids is 2. The first-order chi connectivity index (χ1) is 19.0. The fourth-order valence-electron chi connectivity index (χ4n) is 4.21. The van der Waals surface area contributed by atoms with E-state index in [2.05, 4.69) is 15.4 Å². The molecule has 1 aliphatic rings. The first kappa shape index (κ1) is 32.8. The predicted octanol–water partition coefficient (Wildman–Crippen LogP) is 5.86. The molecule has 0 saturated carbocycles. The molecule has 0 saturated heterocycles. The lowest BCUT2D eigenvalue weighted by atomic mass is 9.95. The number of hydrogen-bond donors (Lipinski definition) is 2. The van der Waals surface area contributed by atoms with E-state index < -0.39 is 62.7 Å². The minimum absolute atomic E-state index is 0.0463. The Hall–Kier alpha value is -3.69. The molecule has 0 fully saturated rings. The van der Waals surface area contributed by atoms with Crippen LogP contribution < -0.4 is 19.7 Å². The van der Waals surface area contributed by atoms with Gasteiger partial charge in [-0.15, -0.1) is 0 Å². The van der Waals surface area contributed by atoms with Gasteiger partial charge >= 0.3 is 18.4 Å². The molecule has 1 heterocycles. The molecule has 1 aliphatic heterocycles. The topological polar surface area (TPSA) is 114 Å². The fraction of sp³-hybridized carbons (Fsp3) is 0.462. The number of sulfonamides is 1. The normalized spacial score (nSPS) is 16.3. The van der Waals surface area contributed by atoms with Crippen LogP contribution in [-0.4, -0.2) is 50.4 Å². The minimum atomic E-state index is -4.89. The zero-order chi connectivity index (χ0) is 31.9. The van der Waals surface area contributed by atoms with E-state index in [4.69, 9.17) is 4.74 Å². The number of hydrogen-bond acceptors (Lipinski definition) is 6. The summed E-state index contributed by atoms with van der Waals surface area (Å²) < 4.78 is 118. The molecule has 0 bridgehead atoms. The number of halogens is 6. The van der Waals surface area contributed by atoms with Crippen molar-refractivity contribution in [3.05, 3.63) is 48.0 Å². The molecular weight excluding hydrogens is 596 g/mol. The van der Waals surface area contributed by atoms with Crippen molar-refractivity contribution in [3.8, 4) is 5.75 Å². The van der Waals surface area contributed by atoms with Crippen LogP contribution in [0.1, 0.15) is 46.6 Å². The molecule has 2 amide bonds. The third-order valence-electron chi connectivity index (χ3n) is 6.17. The van der Waals surface area contributed by atoms with Crippen molar-refractivity contribution < 1.29 is 53.8 Å². The zero-order valence-electron chi connectivity index (χ0n) is 23.1. The zero-order valence-corrected chi connectivity index (χ0v) is 23.9. The number of amides is 2. The van der Waals surface area contributed by atoms with Crippen LogP contribution in [0, 0.1) is 0 Å². The number of anilines is 2. The van der Waals surface area contributed by atoms with Gasteiger partial charge in [0.05, 0.1) is 22.7 Å². The third-order valence-corrected chi connectivity index (χ3v) is 7.95. The van der Waals surface area contributed by atoms with Gasteiger partial charge in [-0.2, -0.15) is 26.3 Å². The lowest BCUT2D eigenvalue weighted by Crippen LogP contribution is -2.50. The maximum atomic E-state index is 13.7. The Kier molecular flexibility index (Phi) is 8.74. The SMILES string of the molecule is CC(=O)NC(C)(C)CC1CN(S(=O)(=O)c2cccc(C(F)(F)F)c2)c2cc(NC(=O)OC(C)(C)C(F)(F)F)ccc2O1. The van der Waals surface area contributed by atoms with Crippen LogP contribution in [0.5, 0.6) is 5.75 Å². The standard InChI is InChI=1S/C26H29F6N3O6S/c1-15(36)34-23(2,3)13-18-14-35(42(38,39)19-8-6-7-16(11-19)25(27,28)29)20-12-17(9-10-21(20)40-18)33-22(37)41-24(4,5)26(30,31)32/h6-12,18H,13-14H2,1-5H3,(H,33,37)(H,34,36). The third kappa shape index (κ3) is 7.57. The second kappa shape index (κ2) is 11.2. The average Bonchev–Trinajstić information content (AvgIpc) is 2.81. The molecule has 2 aromatic carbocycles. The largest absolute Gasteiger partial charge is 0.486 e. The summed E-state index contributed by atoms with van der Waals surface area (Å²) >= 11 is 0. The van der Waals surface area contributed by atoms with Crippen molar-refractivity contribution in [2.24, 2.45) is 0 Å². The van der Waals surface area contributed by atoms with E-state index in [-0.39, 0.29) is 29.5 Å². The van der Waals surface area contributed by atoms with Crippen LogP contribution in [0.3, 0.4) is 0 Å². The van der Waals surface area contributed by atoms with Crippen molar-refractivity contribution in [1.82, 2.24) is 5.32 Å². The fourth-order valence-corrected chi connectivity index (χ4v) is 5.76. The highest BCUT2D eigenvalue weighted by molar-refractivity contribution is 7.92. The van der Waals surface area contributed by atoms with E-state index in [1.807, 2.05) is 0 Å². The lowest BCUT2D eigenvalue weighted by Gasteiger charge is -2.39. The van der Waals surface area contributed by atoms with Crippen LogP contribution in [0.25, 0.3) is 0 Å². The van der Waals surface area contributed by atoms with Gasteiger partial charge in [0.15, 0.2) is 0 Å². The van der Waals surface area contributed by atoms with Crippen LogP contribution in [0.2, 0.25) is 0 Å². The number of nitrogens with one attached hydrogen (secondary N) is 2. The Morgan fingerprint density at radius 2 is 1.67 bits per heavy atom. The molecular formula is C26H29F6N3O6S. The molecule has 0 radical (unpaired) electrons. The first-order valence-corrected chi connectivity index (χ1v) is 13.8. The Labute approximate surface area is 238 Å². The number of rotatable bonds is 7. The van der Waals surface area contributed by atoms with Gasteiger partial charge in [-0.3, -0.25) is 14.4 Å². The van der Waals surface area contributed by atoms with E-state index >= 15 is 0 Å². The summed E-state index contributed by atoms with van der Waals surface area (Å²) in [7, 11) is -4.69. The molecule has 1 unspecified atom stereocenters. The number of nitrogens with zero attached hydrogens (tertiary/aromatic N) is 1. The van der Waals surface area contributed by atoms with E-state index in [0.717, 1.165) is 22.5 Å². The molecule has 0 spiro atoms. The molecule has 42 heavy (non-hydrogen) atoms. The maximum Gasteiger partial charge on any atom is 0.427 e. The van der Waals surface area contributed by atoms with E-state index in [9.17, 15) is 44.3 Å². The Balaban J connectivity index is 2.04. The van der Waals surface area contributed by atoms with E-state index in [0.29, 0.717) is 26.0 Å². The van der Waals surface area contributed by atoms with Crippen molar-refractivity contribution in [1.29, 1.82) is 0 Å². The van der Waals surface area contributed by atoms with Gasteiger partial charge in [0.1, 0.15) is 11.9 Å². The van der Waals surface area contributed by atoms with Crippen molar-refractivity contribution in [3.63, 3.8) is 0 Å². The van der Waals surface area contributed by atoms with Crippen LogP contribution in [-0.2, 0) is 25.7 Å². The molecule has 2 aromatic rings. The van der Waals surface area contributed by atoms with E-state index in [1.165, 1.54) is 19.1 Å². The van der Waals surface area contributed by atoms with Gasteiger partial charge in [0, 0.05) is 24.6 Å². The number of alkyl halides is 6. The number of benzene rings is 2. The lowest BCUT2D eigenvalue weighted by molar-refractivity contribution is -0.242. The van der Waals surface area contributed by atoms with E-state index in [1.54, 1.807) is 13.8 Å². The molecule has 0 aromatic heterocycles. The van der Waals surface area contributed by atoms with Crippen LogP contribution >= 0.6 is 0 Å². The number of ether oxygens (including phenoxy) is 2. The summed E-state index contributed by atoms with van der Waals surface area (Å²) in [6, 6.07) is 6.64. The van der Waals surface area contributed by atoms with Crippen molar-refractivity contribution >= 4 is 33.4 Å². The highest BCUT2D eigenvalue weighted by atomic mass is 32.2. The van der Waals surface area contributed by atoms with Crippen LogP contribution in [0.4, 0.5) is 42.5 Å². The second-order valence-corrected chi connectivity index (χ2v) is 12.6. The smallest absolute Gasteiger partial charge is 0.427 e. The molecule has 3 rings (SSSR count). The van der Waals surface area contributed by atoms with Gasteiger partial charge in [-0.05, 0) is 64.1 Å². The molecule has 9 nitrogen and oxygen atoms in total. The Morgan fingerprint density at radius 3 is 2.24 bits per heavy atom. The van der Waals surface area contributed by atoms with Gasteiger partial charge in [-0.25, -0.2) is 13.2 Å². The molecule has 0 aliphatic carbocycles. The monoisotopic (exact) mass is 625 g/mol. The number of fused-ring (bicyclic) bond motifs is 1. The maximum absolute atomic E-state index is 13.7. The highest BCUT2D eigenvalue weighted by Crippen LogP contribution is 2.41. The number of carbonyl (C=O) groups is 2. The van der Waals surface area contributed by atoms with Crippen molar-refractivity contribution in [2.45, 2.75) is 75.5 Å². The van der Waals surface area contributed by atoms with Gasteiger partial charge < -0.3 is 14.8 Å². The first-order valence-electron chi connectivity index (χ1n) is 12.4. The quantitative estimate of drug-likeness (QED) is 0.373. The summed E-state index contributed by atoms with van der Waals surface area (Å²) in [5.74, 6) is -0.407. The second-order valence-electron chi connectivity index (χ2n) is 10.8. The summed E-state index contributed by atoms with van der Waals surface area (Å²) in [5, 5.41) is 4.80. The Morgan fingerprint density at radius 1 is 1.02 bits per heavy atom. The molecule has 2 N–H and O–H groups in total. The Bertz CT molecular complexity index is 1460. The summed E-state index contributed by atoms with van der Waals surface area (Å²) in [6.45, 7) is 5.49. The van der Waals surface area contributed by atoms with Gasteiger partial charge in [-0.1, -0.05) is 6.07 Å². The molecule has 16 heteroatoms. The van der Waals surface area contributed by atoms with Gasteiger partial charge in [0.2, 0.25) is 11.5 Å². The summed E-state index contributed by atoms with van der Waals surface area (Å²) in [4.78, 5) is 23.2. The average molecular weight is 626 g/mol. The minimum Gasteiger partial charge on any atom is -0.486 e. The summed E-state index contributed by atoms with van der Waals surface area (Å²) in [6.07, 6.45) is -12.0. The summed E-state index contributed by atoms with van der Waals surface area (Å²) in [5.41, 5.74) is -5.31.